The van der Waals surface area contributed by atoms with Crippen molar-refractivity contribution in [1.29, 1.82) is 0 Å². The Morgan fingerprint density at radius 2 is 2.10 bits per heavy atom. The van der Waals surface area contributed by atoms with Crippen LogP contribution >= 0.6 is 23.1 Å². The van der Waals surface area contributed by atoms with Crippen LogP contribution in [0.5, 0.6) is 0 Å². The second kappa shape index (κ2) is 5.84. The smallest absolute Gasteiger partial charge is 0.131 e. The Balaban J connectivity index is 1.98. The summed E-state index contributed by atoms with van der Waals surface area (Å²) in [6, 6.07) is 5.74. The van der Waals surface area contributed by atoms with Crippen molar-refractivity contribution >= 4 is 23.1 Å². The highest BCUT2D eigenvalue weighted by molar-refractivity contribution is 7.98. The molecule has 0 spiro atoms. The first-order chi connectivity index (χ1) is 9.69. The number of hydrogen-bond donors (Lipinski definition) is 1. The van der Waals surface area contributed by atoms with E-state index in [0.29, 0.717) is 5.56 Å². The second-order valence-corrected chi connectivity index (χ2v) is 7.06. The summed E-state index contributed by atoms with van der Waals surface area (Å²) in [4.78, 5) is 2.51. The van der Waals surface area contributed by atoms with E-state index in [4.69, 9.17) is 0 Å². The fraction of sp³-hybridized carbons (Fsp3) is 0.333. The molecule has 0 fully saturated rings. The van der Waals surface area contributed by atoms with Crippen molar-refractivity contribution in [3.8, 4) is 0 Å². The monoisotopic (exact) mass is 311 g/mol. The first-order valence-corrected chi connectivity index (χ1v) is 8.47. The lowest BCUT2D eigenvalue weighted by molar-refractivity contribution is 0.553. The van der Waals surface area contributed by atoms with Crippen molar-refractivity contribution in [3.63, 3.8) is 0 Å². The third-order valence-corrected chi connectivity index (χ3v) is 5.80. The minimum Gasteiger partial charge on any atom is -0.309 e. The molecule has 3 rings (SSSR count). The molecule has 1 atom stereocenters. The Morgan fingerprint density at radius 3 is 2.80 bits per heavy atom. The highest BCUT2D eigenvalue weighted by atomic mass is 32.2. The molecule has 0 aliphatic carbocycles. The first kappa shape index (κ1) is 14.0. The van der Waals surface area contributed by atoms with Gasteiger partial charge >= 0.3 is 0 Å². The maximum atomic E-state index is 14.0. The molecule has 1 aliphatic rings. The van der Waals surface area contributed by atoms with Crippen molar-refractivity contribution in [2.45, 2.75) is 18.2 Å². The summed E-state index contributed by atoms with van der Waals surface area (Å²) in [5, 5.41) is 3.15. The summed E-state index contributed by atoms with van der Waals surface area (Å²) < 4.78 is 27.0. The van der Waals surface area contributed by atoms with Gasteiger partial charge in [-0.05, 0) is 36.9 Å². The average Bonchev–Trinajstić information content (AvgIpc) is 2.85. The Morgan fingerprint density at radius 1 is 1.25 bits per heavy atom. The summed E-state index contributed by atoms with van der Waals surface area (Å²) in [5.41, 5.74) is 1.86. The van der Waals surface area contributed by atoms with Crippen LogP contribution < -0.4 is 5.32 Å². The number of hydrogen-bond acceptors (Lipinski definition) is 3. The number of thiophene rings is 1. The summed E-state index contributed by atoms with van der Waals surface area (Å²) >= 11 is 3.67. The van der Waals surface area contributed by atoms with Gasteiger partial charge in [-0.25, -0.2) is 8.78 Å². The van der Waals surface area contributed by atoms with Gasteiger partial charge in [0.2, 0.25) is 0 Å². The van der Waals surface area contributed by atoms with Crippen LogP contribution in [0, 0.1) is 11.6 Å². The lowest BCUT2D eigenvalue weighted by Crippen LogP contribution is -2.18. The van der Waals surface area contributed by atoms with Gasteiger partial charge in [0.1, 0.15) is 11.6 Å². The van der Waals surface area contributed by atoms with Crippen molar-refractivity contribution in [3.05, 3.63) is 56.8 Å². The minimum absolute atomic E-state index is 0.212. The summed E-state index contributed by atoms with van der Waals surface area (Å²) in [7, 11) is 1.81. The Labute approximate surface area is 125 Å². The molecule has 1 aromatic carbocycles. The SMILES string of the molecule is CNC(c1cc2c(s1)CCSC2)c1ccc(F)cc1F. The Bertz CT molecular complexity index is 601. The normalized spacial score (nSPS) is 15.9. The predicted molar refractivity (Wildman–Crippen MR) is 81.4 cm³/mol. The molecular formula is C15H15F2NS2. The molecule has 1 aliphatic heterocycles. The van der Waals surface area contributed by atoms with Crippen LogP contribution in [-0.2, 0) is 12.2 Å². The standard InChI is InChI=1S/C15H15F2NS2/c1-18-15(11-3-2-10(16)7-12(11)17)14-6-9-8-19-5-4-13(9)20-14/h2-3,6-7,15,18H,4-5,8H2,1H3. The van der Waals surface area contributed by atoms with E-state index in [0.717, 1.165) is 28.9 Å². The number of fused-ring (bicyclic) bond motifs is 1. The number of benzene rings is 1. The van der Waals surface area contributed by atoms with Crippen molar-refractivity contribution in [2.24, 2.45) is 0 Å². The molecule has 0 radical (unpaired) electrons. The molecule has 0 saturated heterocycles. The van der Waals surface area contributed by atoms with Crippen molar-refractivity contribution in [1.82, 2.24) is 5.32 Å². The summed E-state index contributed by atoms with van der Waals surface area (Å²) in [6.45, 7) is 0. The maximum absolute atomic E-state index is 14.0. The van der Waals surface area contributed by atoms with E-state index in [1.165, 1.54) is 22.6 Å². The van der Waals surface area contributed by atoms with E-state index in [1.54, 1.807) is 18.4 Å². The Kier molecular flexibility index (Phi) is 4.10. The molecule has 1 N–H and O–H groups in total. The minimum atomic E-state index is -0.539. The average molecular weight is 311 g/mol. The summed E-state index contributed by atoms with van der Waals surface area (Å²) in [6.07, 6.45) is 1.09. The third kappa shape index (κ3) is 2.62. The quantitative estimate of drug-likeness (QED) is 0.915. The van der Waals surface area contributed by atoms with Gasteiger partial charge in [0.25, 0.3) is 0 Å². The molecule has 1 nitrogen and oxygen atoms in total. The topological polar surface area (TPSA) is 12.0 Å². The van der Waals surface area contributed by atoms with E-state index in [1.807, 2.05) is 11.8 Å². The number of thioether (sulfide) groups is 1. The van der Waals surface area contributed by atoms with Crippen LogP contribution in [0.15, 0.2) is 24.3 Å². The molecule has 0 saturated carbocycles. The van der Waals surface area contributed by atoms with Crippen LogP contribution in [-0.4, -0.2) is 12.8 Å². The van der Waals surface area contributed by atoms with Gasteiger partial charge in [-0.3, -0.25) is 0 Å². The van der Waals surface area contributed by atoms with Gasteiger partial charge < -0.3 is 5.32 Å². The molecule has 2 heterocycles. The molecule has 1 unspecified atom stereocenters. The van der Waals surface area contributed by atoms with Crippen molar-refractivity contribution < 1.29 is 8.78 Å². The lowest BCUT2D eigenvalue weighted by Gasteiger charge is -2.15. The van der Waals surface area contributed by atoms with Gasteiger partial charge in [0.15, 0.2) is 0 Å². The second-order valence-electron chi connectivity index (χ2n) is 4.79. The number of halogens is 2. The van der Waals surface area contributed by atoms with Gasteiger partial charge in [0, 0.05) is 27.1 Å². The number of rotatable bonds is 3. The molecule has 0 bridgehead atoms. The van der Waals surface area contributed by atoms with Gasteiger partial charge in [0.05, 0.1) is 6.04 Å². The highest BCUT2D eigenvalue weighted by Crippen LogP contribution is 2.37. The molecular weight excluding hydrogens is 296 g/mol. The fourth-order valence-corrected chi connectivity index (χ4v) is 5.00. The molecule has 106 valence electrons. The molecule has 0 amide bonds. The third-order valence-electron chi connectivity index (χ3n) is 3.49. The van der Waals surface area contributed by atoms with Gasteiger partial charge in [-0.1, -0.05) is 6.07 Å². The van der Waals surface area contributed by atoms with Crippen LogP contribution in [0.3, 0.4) is 0 Å². The fourth-order valence-electron chi connectivity index (χ4n) is 2.50. The maximum Gasteiger partial charge on any atom is 0.131 e. The zero-order valence-electron chi connectivity index (χ0n) is 11.1. The zero-order chi connectivity index (χ0) is 14.1. The van der Waals surface area contributed by atoms with Crippen LogP contribution in [0.2, 0.25) is 0 Å². The number of nitrogens with one attached hydrogen (secondary N) is 1. The van der Waals surface area contributed by atoms with E-state index < -0.39 is 11.6 Å². The van der Waals surface area contributed by atoms with E-state index >= 15 is 0 Å². The van der Waals surface area contributed by atoms with Crippen LogP contribution in [0.4, 0.5) is 8.78 Å². The van der Waals surface area contributed by atoms with E-state index in [-0.39, 0.29) is 6.04 Å². The van der Waals surface area contributed by atoms with E-state index in [9.17, 15) is 8.78 Å². The molecule has 5 heteroatoms. The molecule has 1 aromatic heterocycles. The highest BCUT2D eigenvalue weighted by Gasteiger charge is 2.22. The van der Waals surface area contributed by atoms with Gasteiger partial charge in [-0.15, -0.1) is 11.3 Å². The van der Waals surface area contributed by atoms with Crippen LogP contribution in [0.25, 0.3) is 0 Å². The lowest BCUT2D eigenvalue weighted by atomic mass is 10.0. The Hall–Kier alpha value is -0.910. The molecule has 20 heavy (non-hydrogen) atoms. The first-order valence-electron chi connectivity index (χ1n) is 6.50. The van der Waals surface area contributed by atoms with Crippen LogP contribution in [0.1, 0.15) is 26.9 Å². The molecule has 2 aromatic rings. The predicted octanol–water partition coefficient (Wildman–Crippen LogP) is 4.12. The van der Waals surface area contributed by atoms with Gasteiger partial charge in [-0.2, -0.15) is 11.8 Å². The van der Waals surface area contributed by atoms with Crippen molar-refractivity contribution in [2.75, 3.05) is 12.8 Å². The summed E-state index contributed by atoms with van der Waals surface area (Å²) in [5.74, 6) is 1.16. The zero-order valence-corrected chi connectivity index (χ0v) is 12.7. The number of aryl methyl sites for hydroxylation is 1. The largest absolute Gasteiger partial charge is 0.309 e. The van der Waals surface area contributed by atoms with E-state index in [2.05, 4.69) is 11.4 Å².